The zero-order valence-electron chi connectivity index (χ0n) is 17.3. The maximum Gasteiger partial charge on any atom is 0.251 e. The smallest absolute Gasteiger partial charge is 0.251 e. The van der Waals surface area contributed by atoms with Crippen LogP contribution in [0.3, 0.4) is 0 Å². The molecule has 1 aliphatic carbocycles. The molecule has 0 radical (unpaired) electrons. The van der Waals surface area contributed by atoms with Gasteiger partial charge in [0.2, 0.25) is 10.0 Å². The summed E-state index contributed by atoms with van der Waals surface area (Å²) >= 11 is 2.00. The van der Waals surface area contributed by atoms with Gasteiger partial charge in [-0.3, -0.25) is 9.69 Å². The molecule has 1 heterocycles. The van der Waals surface area contributed by atoms with Gasteiger partial charge in [0.25, 0.3) is 5.91 Å². The standard InChI is InChI=1S/C21H33N3O3S2/c1-29(26,27)24-14-12-23(13-15-24)17-18-7-9-19(10-8-18)21(25)22-11-16-28-20-5-3-2-4-6-20/h7-10,20H,2-6,11-17H2,1H3,(H,22,25). The number of hydrogen-bond donors (Lipinski definition) is 1. The van der Waals surface area contributed by atoms with Gasteiger partial charge in [-0.15, -0.1) is 0 Å². The monoisotopic (exact) mass is 439 g/mol. The van der Waals surface area contributed by atoms with Crippen molar-refractivity contribution in [1.82, 2.24) is 14.5 Å². The SMILES string of the molecule is CS(=O)(=O)N1CCN(Cc2ccc(C(=O)NCCSC3CCCCC3)cc2)CC1. The van der Waals surface area contributed by atoms with Crippen LogP contribution >= 0.6 is 11.8 Å². The van der Waals surface area contributed by atoms with E-state index in [2.05, 4.69) is 10.2 Å². The molecule has 1 aliphatic heterocycles. The van der Waals surface area contributed by atoms with Gasteiger partial charge in [0, 0.05) is 55.8 Å². The summed E-state index contributed by atoms with van der Waals surface area (Å²) in [5.74, 6) is 0.969. The van der Waals surface area contributed by atoms with E-state index < -0.39 is 10.0 Å². The highest BCUT2D eigenvalue weighted by Gasteiger charge is 2.23. The highest BCUT2D eigenvalue weighted by Crippen LogP contribution is 2.27. The van der Waals surface area contributed by atoms with E-state index in [9.17, 15) is 13.2 Å². The fourth-order valence-electron chi connectivity index (χ4n) is 3.96. The Balaban J connectivity index is 1.37. The minimum Gasteiger partial charge on any atom is -0.351 e. The molecule has 1 saturated heterocycles. The van der Waals surface area contributed by atoms with Gasteiger partial charge in [-0.25, -0.2) is 8.42 Å². The summed E-state index contributed by atoms with van der Waals surface area (Å²) in [6, 6.07) is 7.75. The lowest BCUT2D eigenvalue weighted by molar-refractivity contribution is 0.0956. The minimum absolute atomic E-state index is 0.0115. The number of carbonyl (C=O) groups excluding carboxylic acids is 1. The molecule has 1 aromatic rings. The van der Waals surface area contributed by atoms with Gasteiger partial charge in [0.05, 0.1) is 6.26 Å². The van der Waals surface area contributed by atoms with Crippen LogP contribution < -0.4 is 5.32 Å². The van der Waals surface area contributed by atoms with Crippen LogP contribution in [-0.4, -0.2) is 73.5 Å². The molecule has 0 atom stereocenters. The summed E-state index contributed by atoms with van der Waals surface area (Å²) in [5.41, 5.74) is 1.83. The summed E-state index contributed by atoms with van der Waals surface area (Å²) in [6.07, 6.45) is 7.99. The van der Waals surface area contributed by atoms with E-state index in [4.69, 9.17) is 0 Å². The Labute approximate surface area is 179 Å². The van der Waals surface area contributed by atoms with Crippen molar-refractivity contribution in [1.29, 1.82) is 0 Å². The molecule has 29 heavy (non-hydrogen) atoms. The molecule has 0 aromatic heterocycles. The van der Waals surface area contributed by atoms with E-state index in [-0.39, 0.29) is 5.91 Å². The number of nitrogens with zero attached hydrogens (tertiary/aromatic N) is 2. The fraction of sp³-hybridized carbons (Fsp3) is 0.667. The molecular weight excluding hydrogens is 406 g/mol. The van der Waals surface area contributed by atoms with Gasteiger partial charge >= 0.3 is 0 Å². The number of benzene rings is 1. The summed E-state index contributed by atoms with van der Waals surface area (Å²) in [5, 5.41) is 3.80. The topological polar surface area (TPSA) is 69.7 Å². The molecule has 6 nitrogen and oxygen atoms in total. The van der Waals surface area contributed by atoms with Crippen LogP contribution in [0.25, 0.3) is 0 Å². The third kappa shape index (κ3) is 7.27. The second-order valence-electron chi connectivity index (χ2n) is 8.02. The molecule has 1 aromatic carbocycles. The molecular formula is C21H33N3O3S2. The first-order valence-electron chi connectivity index (χ1n) is 10.6. The Morgan fingerprint density at radius 2 is 1.72 bits per heavy atom. The van der Waals surface area contributed by atoms with E-state index in [1.165, 1.54) is 42.7 Å². The predicted molar refractivity (Wildman–Crippen MR) is 120 cm³/mol. The summed E-state index contributed by atoms with van der Waals surface area (Å²) in [6.45, 7) is 4.03. The van der Waals surface area contributed by atoms with Gasteiger partial charge < -0.3 is 5.32 Å². The van der Waals surface area contributed by atoms with Crippen LogP contribution in [0, 0.1) is 0 Å². The van der Waals surface area contributed by atoms with Crippen molar-refractivity contribution in [2.75, 3.05) is 44.7 Å². The van der Waals surface area contributed by atoms with Crippen LogP contribution in [-0.2, 0) is 16.6 Å². The Kier molecular flexibility index (Phi) is 8.41. The molecule has 0 spiro atoms. The Morgan fingerprint density at radius 3 is 2.34 bits per heavy atom. The number of nitrogens with one attached hydrogen (secondary N) is 1. The second kappa shape index (κ2) is 10.8. The first kappa shape index (κ1) is 22.6. The maximum absolute atomic E-state index is 12.3. The van der Waals surface area contributed by atoms with Gasteiger partial charge in [-0.05, 0) is 30.5 Å². The molecule has 0 unspecified atom stereocenters. The van der Waals surface area contributed by atoms with Crippen LogP contribution in [0.5, 0.6) is 0 Å². The van der Waals surface area contributed by atoms with Crippen LogP contribution in [0.2, 0.25) is 0 Å². The zero-order chi connectivity index (χ0) is 20.7. The lowest BCUT2D eigenvalue weighted by Crippen LogP contribution is -2.47. The van der Waals surface area contributed by atoms with E-state index in [1.807, 2.05) is 36.0 Å². The number of piperazine rings is 1. The van der Waals surface area contributed by atoms with Crippen molar-refractivity contribution in [3.05, 3.63) is 35.4 Å². The third-order valence-corrected chi connectivity index (χ3v) is 8.40. The number of hydrogen-bond acceptors (Lipinski definition) is 5. The predicted octanol–water partition coefficient (Wildman–Crippen LogP) is 2.56. The van der Waals surface area contributed by atoms with Gasteiger partial charge in [-0.2, -0.15) is 16.1 Å². The summed E-state index contributed by atoms with van der Waals surface area (Å²) in [7, 11) is -3.09. The van der Waals surface area contributed by atoms with Crippen molar-refractivity contribution >= 4 is 27.7 Å². The normalized spacial score (nSPS) is 19.9. The van der Waals surface area contributed by atoms with Crippen LogP contribution in [0.4, 0.5) is 0 Å². The molecule has 0 bridgehead atoms. The minimum atomic E-state index is -3.09. The molecule has 8 heteroatoms. The number of carbonyl (C=O) groups is 1. The molecule has 162 valence electrons. The Hall–Kier alpha value is -1.09. The summed E-state index contributed by atoms with van der Waals surface area (Å²) in [4.78, 5) is 14.6. The molecule has 2 aliphatic rings. The first-order valence-corrected chi connectivity index (χ1v) is 13.5. The lowest BCUT2D eigenvalue weighted by Gasteiger charge is -2.33. The number of thioether (sulfide) groups is 1. The largest absolute Gasteiger partial charge is 0.351 e. The molecule has 1 saturated carbocycles. The quantitative estimate of drug-likeness (QED) is 0.631. The van der Waals surface area contributed by atoms with E-state index >= 15 is 0 Å². The van der Waals surface area contributed by atoms with Gasteiger partial charge in [0.15, 0.2) is 0 Å². The van der Waals surface area contributed by atoms with Crippen LogP contribution in [0.1, 0.15) is 48.0 Å². The Morgan fingerprint density at radius 1 is 1.07 bits per heavy atom. The van der Waals surface area contributed by atoms with E-state index in [0.717, 1.165) is 36.2 Å². The van der Waals surface area contributed by atoms with Crippen molar-refractivity contribution in [3.8, 4) is 0 Å². The molecule has 3 rings (SSSR count). The van der Waals surface area contributed by atoms with Gasteiger partial charge in [-0.1, -0.05) is 31.4 Å². The second-order valence-corrected chi connectivity index (χ2v) is 11.4. The van der Waals surface area contributed by atoms with Crippen molar-refractivity contribution in [3.63, 3.8) is 0 Å². The van der Waals surface area contributed by atoms with Gasteiger partial charge in [0.1, 0.15) is 0 Å². The zero-order valence-corrected chi connectivity index (χ0v) is 18.9. The molecule has 1 amide bonds. The first-order chi connectivity index (χ1) is 13.9. The number of amides is 1. The van der Waals surface area contributed by atoms with Crippen molar-refractivity contribution < 1.29 is 13.2 Å². The third-order valence-electron chi connectivity index (χ3n) is 5.72. The average molecular weight is 440 g/mol. The van der Waals surface area contributed by atoms with Crippen molar-refractivity contribution in [2.24, 2.45) is 0 Å². The molecule has 1 N–H and O–H groups in total. The molecule has 2 fully saturated rings. The Bertz CT molecular complexity index is 754. The number of sulfonamides is 1. The van der Waals surface area contributed by atoms with Crippen molar-refractivity contribution in [2.45, 2.75) is 43.9 Å². The maximum atomic E-state index is 12.3. The number of rotatable bonds is 8. The fourth-order valence-corrected chi connectivity index (χ4v) is 6.01. The highest BCUT2D eigenvalue weighted by atomic mass is 32.2. The van der Waals surface area contributed by atoms with E-state index in [1.54, 1.807) is 0 Å². The average Bonchev–Trinajstić information content (AvgIpc) is 2.72. The summed E-state index contributed by atoms with van der Waals surface area (Å²) < 4.78 is 24.7. The van der Waals surface area contributed by atoms with Crippen LogP contribution in [0.15, 0.2) is 24.3 Å². The lowest BCUT2D eigenvalue weighted by atomic mass is 10.0. The van der Waals surface area contributed by atoms with E-state index in [0.29, 0.717) is 25.2 Å². The highest BCUT2D eigenvalue weighted by molar-refractivity contribution is 7.99.